The largest absolute Gasteiger partial charge is 0.356 e. The molecule has 4 saturated carbocycles. The number of amides is 1. The Morgan fingerprint density at radius 2 is 1.72 bits per heavy atom. The molecule has 1 heterocycles. The molecule has 1 aromatic carbocycles. The Hall–Kier alpha value is -2.10. The Kier molecular flexibility index (Phi) is 3.47. The molecule has 4 aliphatic carbocycles. The maximum absolute atomic E-state index is 13.0. The van der Waals surface area contributed by atoms with E-state index in [0.29, 0.717) is 6.54 Å². The van der Waals surface area contributed by atoms with Crippen LogP contribution in [0.3, 0.4) is 0 Å². The molecule has 6 rings (SSSR count). The van der Waals surface area contributed by atoms with Gasteiger partial charge in [0.15, 0.2) is 5.76 Å². The lowest BCUT2D eigenvalue weighted by atomic mass is 9.49. The van der Waals surface area contributed by atoms with Gasteiger partial charge in [0.05, 0.1) is 6.54 Å². The number of nitrogens with one attached hydrogen (secondary N) is 1. The topological polar surface area (TPSA) is 55.1 Å². The predicted molar refractivity (Wildman–Crippen MR) is 94.4 cm³/mol. The second-order valence-electron chi connectivity index (χ2n) is 8.43. The van der Waals surface area contributed by atoms with Crippen LogP contribution in [0.25, 0.3) is 11.3 Å². The van der Waals surface area contributed by atoms with Gasteiger partial charge in [-0.2, -0.15) is 0 Å². The molecule has 130 valence electrons. The second kappa shape index (κ2) is 5.72. The van der Waals surface area contributed by atoms with Crippen molar-refractivity contribution in [3.63, 3.8) is 0 Å². The van der Waals surface area contributed by atoms with Crippen molar-refractivity contribution in [2.24, 2.45) is 23.2 Å². The molecule has 4 heteroatoms. The fourth-order valence-corrected chi connectivity index (χ4v) is 5.88. The first-order valence-corrected chi connectivity index (χ1v) is 9.49. The van der Waals surface area contributed by atoms with Crippen molar-refractivity contribution >= 4 is 5.91 Å². The van der Waals surface area contributed by atoms with Gasteiger partial charge in [0.2, 0.25) is 5.91 Å². The van der Waals surface area contributed by atoms with Crippen molar-refractivity contribution in [1.82, 2.24) is 10.5 Å². The summed E-state index contributed by atoms with van der Waals surface area (Å²) in [5, 5.41) is 7.28. The normalized spacial score (nSPS) is 32.7. The van der Waals surface area contributed by atoms with Gasteiger partial charge in [-0.25, -0.2) is 0 Å². The average molecular weight is 336 g/mol. The quantitative estimate of drug-likeness (QED) is 0.911. The molecule has 1 amide bonds. The van der Waals surface area contributed by atoms with Crippen LogP contribution in [0.2, 0.25) is 0 Å². The summed E-state index contributed by atoms with van der Waals surface area (Å²) in [6, 6.07) is 11.9. The Bertz CT molecular complexity index is 745. The highest BCUT2D eigenvalue weighted by Crippen LogP contribution is 2.60. The highest BCUT2D eigenvalue weighted by Gasteiger charge is 2.54. The van der Waals surface area contributed by atoms with Gasteiger partial charge in [-0.3, -0.25) is 4.79 Å². The van der Waals surface area contributed by atoms with Gasteiger partial charge in [-0.05, 0) is 56.3 Å². The van der Waals surface area contributed by atoms with E-state index < -0.39 is 0 Å². The van der Waals surface area contributed by atoms with Crippen LogP contribution in [-0.2, 0) is 11.3 Å². The lowest BCUT2D eigenvalue weighted by Gasteiger charge is -2.55. The minimum atomic E-state index is -0.0965. The van der Waals surface area contributed by atoms with Crippen LogP contribution in [0.15, 0.2) is 40.9 Å². The Morgan fingerprint density at radius 1 is 1.08 bits per heavy atom. The smallest absolute Gasteiger partial charge is 0.226 e. The van der Waals surface area contributed by atoms with Crippen LogP contribution in [0.4, 0.5) is 0 Å². The highest BCUT2D eigenvalue weighted by molar-refractivity contribution is 5.83. The molecule has 4 nitrogen and oxygen atoms in total. The number of carbonyl (C=O) groups excluding carboxylic acids is 1. The molecule has 2 aromatic rings. The van der Waals surface area contributed by atoms with E-state index in [0.717, 1.165) is 54.0 Å². The SMILES string of the molecule is O=C(NCc1cc(-c2ccccc2)on1)C12CC3CC(CC(C3)C1)C2. The van der Waals surface area contributed by atoms with E-state index in [1.807, 2.05) is 36.4 Å². The average Bonchev–Trinajstić information content (AvgIpc) is 3.08. The fourth-order valence-electron chi connectivity index (χ4n) is 5.88. The Balaban J connectivity index is 1.26. The standard InChI is InChI=1S/C21H24N2O2/c24-20(21-10-14-6-15(11-21)8-16(7-14)12-21)22-13-18-9-19(25-23-18)17-4-2-1-3-5-17/h1-5,9,14-16H,6-8,10-13H2,(H,22,24). The molecule has 0 atom stereocenters. The van der Waals surface area contributed by atoms with Crippen molar-refractivity contribution in [2.75, 3.05) is 0 Å². The van der Waals surface area contributed by atoms with Crippen LogP contribution in [-0.4, -0.2) is 11.1 Å². The van der Waals surface area contributed by atoms with Crippen molar-refractivity contribution in [3.05, 3.63) is 42.1 Å². The number of aromatic nitrogens is 1. The zero-order valence-corrected chi connectivity index (χ0v) is 14.4. The third kappa shape index (κ3) is 2.68. The van der Waals surface area contributed by atoms with E-state index in [9.17, 15) is 4.79 Å². The number of carbonyl (C=O) groups is 1. The van der Waals surface area contributed by atoms with E-state index in [1.165, 1.54) is 19.3 Å². The lowest BCUT2D eigenvalue weighted by Crippen LogP contribution is -2.53. The summed E-state index contributed by atoms with van der Waals surface area (Å²) in [4.78, 5) is 13.0. The van der Waals surface area contributed by atoms with Crippen molar-refractivity contribution in [2.45, 2.75) is 45.1 Å². The van der Waals surface area contributed by atoms with Crippen LogP contribution >= 0.6 is 0 Å². The number of rotatable bonds is 4. The Morgan fingerprint density at radius 3 is 2.36 bits per heavy atom. The van der Waals surface area contributed by atoms with Gasteiger partial charge in [0.25, 0.3) is 0 Å². The zero-order valence-electron chi connectivity index (χ0n) is 14.4. The minimum Gasteiger partial charge on any atom is -0.356 e. The summed E-state index contributed by atoms with van der Waals surface area (Å²) in [6.45, 7) is 0.455. The third-order valence-corrected chi connectivity index (χ3v) is 6.57. The molecule has 4 fully saturated rings. The Labute approximate surface area is 148 Å². The summed E-state index contributed by atoms with van der Waals surface area (Å²) in [6.07, 6.45) is 7.36. The van der Waals surface area contributed by atoms with E-state index in [4.69, 9.17) is 4.52 Å². The zero-order chi connectivity index (χ0) is 16.9. The number of hydrogen-bond donors (Lipinski definition) is 1. The molecule has 1 N–H and O–H groups in total. The number of nitrogens with zero attached hydrogens (tertiary/aromatic N) is 1. The maximum atomic E-state index is 13.0. The molecule has 0 radical (unpaired) electrons. The monoisotopic (exact) mass is 336 g/mol. The van der Waals surface area contributed by atoms with Crippen LogP contribution < -0.4 is 5.32 Å². The summed E-state index contributed by atoms with van der Waals surface area (Å²) in [5.74, 6) is 3.35. The first kappa shape index (κ1) is 15.2. The van der Waals surface area contributed by atoms with E-state index >= 15 is 0 Å². The summed E-state index contributed by atoms with van der Waals surface area (Å²) >= 11 is 0. The third-order valence-electron chi connectivity index (χ3n) is 6.57. The van der Waals surface area contributed by atoms with Crippen LogP contribution in [0.1, 0.15) is 44.2 Å². The first-order valence-electron chi connectivity index (χ1n) is 9.49. The lowest BCUT2D eigenvalue weighted by molar-refractivity contribution is -0.146. The van der Waals surface area contributed by atoms with Gasteiger partial charge in [0, 0.05) is 17.0 Å². The highest BCUT2D eigenvalue weighted by atomic mass is 16.5. The first-order chi connectivity index (χ1) is 12.2. The van der Waals surface area contributed by atoms with Gasteiger partial charge in [0.1, 0.15) is 5.69 Å². The maximum Gasteiger partial charge on any atom is 0.226 e. The van der Waals surface area contributed by atoms with Gasteiger partial charge >= 0.3 is 0 Å². The van der Waals surface area contributed by atoms with Crippen molar-refractivity contribution in [1.29, 1.82) is 0 Å². The molecular formula is C21H24N2O2. The fraction of sp³-hybridized carbons (Fsp3) is 0.524. The molecule has 0 saturated heterocycles. The van der Waals surface area contributed by atoms with Crippen LogP contribution in [0.5, 0.6) is 0 Å². The van der Waals surface area contributed by atoms with Crippen molar-refractivity contribution < 1.29 is 9.32 Å². The van der Waals surface area contributed by atoms with Gasteiger partial charge in [-0.1, -0.05) is 35.5 Å². The molecule has 0 aliphatic heterocycles. The van der Waals surface area contributed by atoms with E-state index in [-0.39, 0.29) is 11.3 Å². The minimum absolute atomic E-state index is 0.0965. The van der Waals surface area contributed by atoms with Crippen LogP contribution in [0, 0.1) is 23.2 Å². The van der Waals surface area contributed by atoms with Crippen molar-refractivity contribution in [3.8, 4) is 11.3 Å². The molecule has 0 spiro atoms. The molecular weight excluding hydrogens is 312 g/mol. The molecule has 1 aromatic heterocycles. The number of benzene rings is 1. The predicted octanol–water partition coefficient (Wildman–Crippen LogP) is 4.17. The number of hydrogen-bond acceptors (Lipinski definition) is 3. The second-order valence-corrected chi connectivity index (χ2v) is 8.43. The van der Waals surface area contributed by atoms with E-state index in [1.54, 1.807) is 0 Å². The molecule has 0 unspecified atom stereocenters. The summed E-state index contributed by atoms with van der Waals surface area (Å²) in [5.41, 5.74) is 1.70. The van der Waals surface area contributed by atoms with E-state index in [2.05, 4.69) is 10.5 Å². The molecule has 25 heavy (non-hydrogen) atoms. The van der Waals surface area contributed by atoms with Gasteiger partial charge < -0.3 is 9.84 Å². The summed E-state index contributed by atoms with van der Waals surface area (Å²) in [7, 11) is 0. The van der Waals surface area contributed by atoms with Gasteiger partial charge in [-0.15, -0.1) is 0 Å². The molecule has 4 aliphatic rings. The molecule has 4 bridgehead atoms. The summed E-state index contributed by atoms with van der Waals surface area (Å²) < 4.78 is 5.43.